The van der Waals surface area contributed by atoms with Crippen LogP contribution in [0.3, 0.4) is 0 Å². The molecule has 0 bridgehead atoms. The number of aliphatic imine (C=N–C) groups is 1. The highest BCUT2D eigenvalue weighted by Gasteiger charge is 2.19. The minimum Gasteiger partial charge on any atom is -0.494 e. The maximum absolute atomic E-state index is 12.5. The fourth-order valence-electron chi connectivity index (χ4n) is 2.64. The van der Waals surface area contributed by atoms with E-state index in [1.807, 2.05) is 38.1 Å². The third-order valence-corrected chi connectivity index (χ3v) is 5.26. The molecular formula is C23H23NO5S. The molecule has 7 heteroatoms. The first-order valence-electron chi connectivity index (χ1n) is 9.55. The molecule has 0 radical (unpaired) electrons. The lowest BCUT2D eigenvalue weighted by Gasteiger charge is -2.12. The van der Waals surface area contributed by atoms with E-state index in [1.54, 1.807) is 42.6 Å². The van der Waals surface area contributed by atoms with Gasteiger partial charge in [0, 0.05) is 6.21 Å². The van der Waals surface area contributed by atoms with Crippen LogP contribution >= 0.6 is 0 Å². The Morgan fingerprint density at radius 3 is 2.20 bits per heavy atom. The van der Waals surface area contributed by atoms with Gasteiger partial charge < -0.3 is 13.7 Å². The topological polar surface area (TPSA) is 74.2 Å². The van der Waals surface area contributed by atoms with Crippen LogP contribution in [-0.4, -0.2) is 27.8 Å². The number of rotatable bonds is 9. The SMILES string of the molecule is CCOc1ccc(N=Cc2ccc(OS(=O)(=O)c3ccccc3)c(OCC)c2)cc1. The Balaban J connectivity index is 1.81. The first kappa shape index (κ1) is 21.4. The molecular weight excluding hydrogens is 402 g/mol. The van der Waals surface area contributed by atoms with Crippen LogP contribution in [-0.2, 0) is 10.1 Å². The maximum atomic E-state index is 12.5. The van der Waals surface area contributed by atoms with Crippen molar-refractivity contribution < 1.29 is 22.1 Å². The van der Waals surface area contributed by atoms with E-state index in [4.69, 9.17) is 13.7 Å². The maximum Gasteiger partial charge on any atom is 0.339 e. The Labute approximate surface area is 176 Å². The molecule has 0 amide bonds. The molecule has 0 saturated carbocycles. The second kappa shape index (κ2) is 9.93. The lowest BCUT2D eigenvalue weighted by atomic mass is 10.2. The molecule has 0 fully saturated rings. The van der Waals surface area contributed by atoms with Crippen LogP contribution in [0.1, 0.15) is 19.4 Å². The van der Waals surface area contributed by atoms with Crippen molar-refractivity contribution >= 4 is 22.0 Å². The molecule has 0 aromatic heterocycles. The second-order valence-electron chi connectivity index (χ2n) is 6.17. The van der Waals surface area contributed by atoms with Gasteiger partial charge in [0.25, 0.3) is 0 Å². The molecule has 0 saturated heterocycles. The monoisotopic (exact) mass is 425 g/mol. The first-order chi connectivity index (χ1) is 14.5. The first-order valence-corrected chi connectivity index (χ1v) is 11.0. The number of hydrogen-bond donors (Lipinski definition) is 0. The second-order valence-corrected chi connectivity index (χ2v) is 7.72. The van der Waals surface area contributed by atoms with E-state index in [1.165, 1.54) is 12.1 Å². The highest BCUT2D eigenvalue weighted by Crippen LogP contribution is 2.31. The zero-order valence-corrected chi connectivity index (χ0v) is 17.6. The summed E-state index contributed by atoms with van der Waals surface area (Å²) in [5.41, 5.74) is 1.51. The van der Waals surface area contributed by atoms with Crippen molar-refractivity contribution in [1.82, 2.24) is 0 Å². The Morgan fingerprint density at radius 2 is 1.53 bits per heavy atom. The largest absolute Gasteiger partial charge is 0.494 e. The van der Waals surface area contributed by atoms with Gasteiger partial charge in [0.2, 0.25) is 0 Å². The van der Waals surface area contributed by atoms with E-state index in [-0.39, 0.29) is 10.6 Å². The molecule has 0 aliphatic heterocycles. The summed E-state index contributed by atoms with van der Waals surface area (Å²) in [6.07, 6.45) is 1.67. The van der Waals surface area contributed by atoms with Crippen LogP contribution in [0.25, 0.3) is 0 Å². The summed E-state index contributed by atoms with van der Waals surface area (Å²) >= 11 is 0. The molecule has 0 heterocycles. The van der Waals surface area contributed by atoms with Gasteiger partial charge in [-0.3, -0.25) is 4.99 Å². The lowest BCUT2D eigenvalue weighted by molar-refractivity contribution is 0.327. The number of ether oxygens (including phenoxy) is 2. The van der Waals surface area contributed by atoms with E-state index in [9.17, 15) is 8.42 Å². The van der Waals surface area contributed by atoms with Crippen molar-refractivity contribution in [3.05, 3.63) is 78.4 Å². The van der Waals surface area contributed by atoms with Crippen molar-refractivity contribution in [2.24, 2.45) is 4.99 Å². The fraction of sp³-hybridized carbons (Fsp3) is 0.174. The molecule has 0 spiro atoms. The fourth-order valence-corrected chi connectivity index (χ4v) is 3.60. The number of hydrogen-bond acceptors (Lipinski definition) is 6. The van der Waals surface area contributed by atoms with Gasteiger partial charge in [-0.15, -0.1) is 0 Å². The van der Waals surface area contributed by atoms with Crippen LogP contribution in [0.2, 0.25) is 0 Å². The quantitative estimate of drug-likeness (QED) is 0.356. The predicted octanol–water partition coefficient (Wildman–Crippen LogP) is 5.00. The molecule has 0 aliphatic carbocycles. The Kier molecular flexibility index (Phi) is 7.08. The summed E-state index contributed by atoms with van der Waals surface area (Å²) in [6.45, 7) is 4.72. The van der Waals surface area contributed by atoms with E-state index in [0.29, 0.717) is 19.0 Å². The normalized spacial score (nSPS) is 11.4. The average Bonchev–Trinajstić information content (AvgIpc) is 2.76. The molecule has 0 N–H and O–H groups in total. The molecule has 6 nitrogen and oxygen atoms in total. The van der Waals surface area contributed by atoms with Gasteiger partial charge in [-0.2, -0.15) is 8.42 Å². The van der Waals surface area contributed by atoms with E-state index in [0.717, 1.165) is 17.0 Å². The van der Waals surface area contributed by atoms with E-state index >= 15 is 0 Å². The van der Waals surface area contributed by atoms with E-state index < -0.39 is 10.1 Å². The van der Waals surface area contributed by atoms with Gasteiger partial charge in [-0.25, -0.2) is 0 Å². The predicted molar refractivity (Wildman–Crippen MR) is 117 cm³/mol. The zero-order chi connectivity index (χ0) is 21.4. The molecule has 0 unspecified atom stereocenters. The van der Waals surface area contributed by atoms with Gasteiger partial charge in [0.15, 0.2) is 11.5 Å². The van der Waals surface area contributed by atoms with Gasteiger partial charge in [-0.1, -0.05) is 18.2 Å². The summed E-state index contributed by atoms with van der Waals surface area (Å²) in [5, 5.41) is 0. The molecule has 0 aliphatic rings. The smallest absolute Gasteiger partial charge is 0.339 e. The lowest BCUT2D eigenvalue weighted by Crippen LogP contribution is -2.10. The van der Waals surface area contributed by atoms with Crippen molar-refractivity contribution in [3.8, 4) is 17.2 Å². The molecule has 3 aromatic carbocycles. The Bertz CT molecular complexity index is 1090. The van der Waals surface area contributed by atoms with Crippen molar-refractivity contribution in [2.45, 2.75) is 18.7 Å². The van der Waals surface area contributed by atoms with Crippen LogP contribution in [0.4, 0.5) is 5.69 Å². The molecule has 0 atom stereocenters. The van der Waals surface area contributed by atoms with E-state index in [2.05, 4.69) is 4.99 Å². The minimum absolute atomic E-state index is 0.0774. The molecule has 156 valence electrons. The van der Waals surface area contributed by atoms with Gasteiger partial charge >= 0.3 is 10.1 Å². The minimum atomic E-state index is -3.96. The van der Waals surface area contributed by atoms with Crippen molar-refractivity contribution in [1.29, 1.82) is 0 Å². The molecule has 3 aromatic rings. The van der Waals surface area contributed by atoms with Crippen LogP contribution < -0.4 is 13.7 Å². The van der Waals surface area contributed by atoms with Gasteiger partial charge in [-0.05, 0) is 74.0 Å². The average molecular weight is 426 g/mol. The van der Waals surface area contributed by atoms with Crippen molar-refractivity contribution in [3.63, 3.8) is 0 Å². The van der Waals surface area contributed by atoms with Crippen LogP contribution in [0.5, 0.6) is 17.2 Å². The Hall–Kier alpha value is -3.32. The summed E-state index contributed by atoms with van der Waals surface area (Å²) in [4.78, 5) is 4.51. The standard InChI is InChI=1S/C23H23NO5S/c1-3-27-20-13-11-19(12-14-20)24-17-18-10-15-22(23(16-18)28-4-2)29-30(25,26)21-8-6-5-7-9-21/h5-17H,3-4H2,1-2H3. The number of benzene rings is 3. The van der Waals surface area contributed by atoms with Gasteiger partial charge in [0.05, 0.1) is 18.9 Å². The van der Waals surface area contributed by atoms with Crippen LogP contribution in [0.15, 0.2) is 82.7 Å². The highest BCUT2D eigenvalue weighted by molar-refractivity contribution is 7.87. The van der Waals surface area contributed by atoms with Crippen LogP contribution in [0, 0.1) is 0 Å². The van der Waals surface area contributed by atoms with Crippen molar-refractivity contribution in [2.75, 3.05) is 13.2 Å². The summed E-state index contributed by atoms with van der Waals surface area (Å²) in [7, 11) is -3.96. The summed E-state index contributed by atoms with van der Waals surface area (Å²) < 4.78 is 41.3. The Morgan fingerprint density at radius 1 is 0.833 bits per heavy atom. The number of nitrogens with zero attached hydrogens (tertiary/aromatic N) is 1. The summed E-state index contributed by atoms with van der Waals surface area (Å²) in [6, 6.07) is 20.4. The molecule has 3 rings (SSSR count). The highest BCUT2D eigenvalue weighted by atomic mass is 32.2. The third kappa shape index (κ3) is 5.61. The zero-order valence-electron chi connectivity index (χ0n) is 16.8. The molecule has 30 heavy (non-hydrogen) atoms. The van der Waals surface area contributed by atoms with Gasteiger partial charge in [0.1, 0.15) is 10.6 Å². The summed E-state index contributed by atoms with van der Waals surface area (Å²) in [5.74, 6) is 1.24. The third-order valence-electron chi connectivity index (χ3n) is 4.01.